The van der Waals surface area contributed by atoms with Gasteiger partial charge in [0.2, 0.25) is 0 Å². The minimum absolute atomic E-state index is 0.256. The molecule has 5 nitrogen and oxygen atoms in total. The van der Waals surface area contributed by atoms with Crippen molar-refractivity contribution >= 4 is 33.3 Å². The molecule has 0 radical (unpaired) electrons. The number of carbonyl (C=O) groups is 2. The lowest BCUT2D eigenvalue weighted by Gasteiger charge is -2.22. The van der Waals surface area contributed by atoms with E-state index in [0.717, 1.165) is 4.47 Å². The molecule has 0 fully saturated rings. The first-order valence-electron chi connectivity index (χ1n) is 8.03. The van der Waals surface area contributed by atoms with Crippen LogP contribution in [0.4, 0.5) is 5.69 Å². The van der Waals surface area contributed by atoms with Crippen molar-refractivity contribution in [2.45, 2.75) is 12.0 Å². The van der Waals surface area contributed by atoms with E-state index in [-0.39, 0.29) is 18.7 Å². The van der Waals surface area contributed by atoms with E-state index in [9.17, 15) is 14.7 Å². The smallest absolute Gasteiger partial charge is 0.264 e. The molecule has 1 aliphatic heterocycles. The fraction of sp³-hybridized carbons (Fsp3) is 0.200. The zero-order chi connectivity index (χ0) is 18.9. The van der Waals surface area contributed by atoms with Gasteiger partial charge in [0, 0.05) is 22.1 Å². The first kappa shape index (κ1) is 18.4. The molecule has 0 saturated carbocycles. The van der Waals surface area contributed by atoms with Crippen LogP contribution in [0.3, 0.4) is 0 Å². The Bertz CT molecular complexity index is 878. The van der Waals surface area contributed by atoms with E-state index in [1.165, 1.54) is 4.90 Å². The number of nitrogens with zero attached hydrogens (tertiary/aromatic N) is 1. The summed E-state index contributed by atoms with van der Waals surface area (Å²) in [5, 5.41) is 11.2. The Labute approximate surface area is 160 Å². The summed E-state index contributed by atoms with van der Waals surface area (Å²) in [6, 6.07) is 11.8. The number of ether oxygens (including phenoxy) is 1. The number of aliphatic hydroxyl groups is 1. The normalized spacial score (nSPS) is 18.6. The maximum absolute atomic E-state index is 12.9. The van der Waals surface area contributed by atoms with Crippen molar-refractivity contribution in [3.8, 4) is 5.75 Å². The number of methoxy groups -OCH3 is 1. The fourth-order valence-corrected chi connectivity index (χ4v) is 3.48. The van der Waals surface area contributed by atoms with Gasteiger partial charge in [0.1, 0.15) is 5.75 Å². The summed E-state index contributed by atoms with van der Waals surface area (Å²) < 4.78 is 5.81. The Morgan fingerprint density at radius 2 is 2.00 bits per heavy atom. The Morgan fingerprint density at radius 3 is 2.62 bits per heavy atom. The van der Waals surface area contributed by atoms with E-state index in [1.54, 1.807) is 55.7 Å². The molecular formula is C20H18BrNO4. The molecule has 0 aliphatic carbocycles. The van der Waals surface area contributed by atoms with Gasteiger partial charge in [0.25, 0.3) is 5.91 Å². The number of amides is 1. The van der Waals surface area contributed by atoms with Crippen LogP contribution in [-0.4, -0.2) is 30.5 Å². The predicted octanol–water partition coefficient (Wildman–Crippen LogP) is 3.45. The van der Waals surface area contributed by atoms with Gasteiger partial charge in [-0.05, 0) is 42.5 Å². The SMILES string of the molecule is C=CCN1C(=O)[C@](O)(CC(=O)c2ccc(OC)cc2)c2cc(Br)ccc21. The Hall–Kier alpha value is -2.44. The Kier molecular flexibility index (Phi) is 4.98. The van der Waals surface area contributed by atoms with E-state index in [1.807, 2.05) is 0 Å². The van der Waals surface area contributed by atoms with Gasteiger partial charge in [-0.3, -0.25) is 9.59 Å². The van der Waals surface area contributed by atoms with Gasteiger partial charge < -0.3 is 14.7 Å². The molecule has 1 heterocycles. The largest absolute Gasteiger partial charge is 0.497 e. The van der Waals surface area contributed by atoms with Crippen LogP contribution in [0.1, 0.15) is 22.3 Å². The van der Waals surface area contributed by atoms with Crippen molar-refractivity contribution in [3.05, 3.63) is 70.7 Å². The fourth-order valence-electron chi connectivity index (χ4n) is 3.12. The van der Waals surface area contributed by atoms with Crippen molar-refractivity contribution in [2.24, 2.45) is 0 Å². The minimum atomic E-state index is -1.90. The van der Waals surface area contributed by atoms with Gasteiger partial charge in [0.15, 0.2) is 11.4 Å². The summed E-state index contributed by atoms with van der Waals surface area (Å²) in [5.74, 6) is -0.217. The second kappa shape index (κ2) is 7.05. The summed E-state index contributed by atoms with van der Waals surface area (Å²) in [7, 11) is 1.54. The molecule has 1 amide bonds. The van der Waals surface area contributed by atoms with Crippen LogP contribution in [0.25, 0.3) is 0 Å². The molecule has 0 saturated heterocycles. The summed E-state index contributed by atoms with van der Waals surface area (Å²) in [5.41, 5.74) is -0.492. The highest BCUT2D eigenvalue weighted by molar-refractivity contribution is 9.10. The van der Waals surface area contributed by atoms with Crippen molar-refractivity contribution in [1.82, 2.24) is 0 Å². The second-order valence-electron chi connectivity index (χ2n) is 6.05. The highest BCUT2D eigenvalue weighted by atomic mass is 79.9. The third-order valence-corrected chi connectivity index (χ3v) is 4.93. The zero-order valence-electron chi connectivity index (χ0n) is 14.2. The number of benzene rings is 2. The first-order chi connectivity index (χ1) is 12.4. The number of fused-ring (bicyclic) bond motifs is 1. The summed E-state index contributed by atoms with van der Waals surface area (Å²) in [6.45, 7) is 3.91. The third-order valence-electron chi connectivity index (χ3n) is 4.43. The molecule has 0 bridgehead atoms. The summed E-state index contributed by atoms with van der Waals surface area (Å²) in [4.78, 5) is 27.0. The minimum Gasteiger partial charge on any atom is -0.497 e. The van der Waals surface area contributed by atoms with Gasteiger partial charge >= 0.3 is 0 Å². The molecule has 2 aromatic carbocycles. The number of ketones is 1. The van der Waals surface area contributed by atoms with Gasteiger partial charge in [-0.1, -0.05) is 22.0 Å². The lowest BCUT2D eigenvalue weighted by molar-refractivity contribution is -0.135. The van der Waals surface area contributed by atoms with Crippen LogP contribution in [0.2, 0.25) is 0 Å². The quantitative estimate of drug-likeness (QED) is 0.579. The van der Waals surface area contributed by atoms with E-state index in [4.69, 9.17) is 4.74 Å². The molecule has 134 valence electrons. The van der Waals surface area contributed by atoms with Gasteiger partial charge in [-0.15, -0.1) is 6.58 Å². The molecule has 26 heavy (non-hydrogen) atoms. The van der Waals surface area contributed by atoms with Crippen molar-refractivity contribution in [1.29, 1.82) is 0 Å². The highest BCUT2D eigenvalue weighted by Crippen LogP contribution is 2.44. The van der Waals surface area contributed by atoms with Gasteiger partial charge in [-0.2, -0.15) is 0 Å². The molecule has 2 aromatic rings. The molecule has 1 aliphatic rings. The third kappa shape index (κ3) is 3.06. The number of Topliss-reactive ketones (excluding diaryl/α,β-unsaturated/α-hetero) is 1. The summed E-state index contributed by atoms with van der Waals surface area (Å²) in [6.07, 6.45) is 1.25. The van der Waals surface area contributed by atoms with Crippen molar-refractivity contribution in [3.63, 3.8) is 0 Å². The zero-order valence-corrected chi connectivity index (χ0v) is 15.8. The van der Waals surface area contributed by atoms with Crippen LogP contribution >= 0.6 is 15.9 Å². The molecule has 0 spiro atoms. The van der Waals surface area contributed by atoms with Crippen LogP contribution in [0, 0.1) is 0 Å². The van der Waals surface area contributed by atoms with Gasteiger partial charge in [-0.25, -0.2) is 0 Å². The average molecular weight is 416 g/mol. The number of hydrogen-bond donors (Lipinski definition) is 1. The second-order valence-corrected chi connectivity index (χ2v) is 6.97. The number of carbonyl (C=O) groups excluding carboxylic acids is 2. The molecule has 6 heteroatoms. The van der Waals surface area contributed by atoms with Crippen LogP contribution in [0.5, 0.6) is 5.75 Å². The van der Waals surface area contributed by atoms with Crippen molar-refractivity contribution in [2.75, 3.05) is 18.6 Å². The van der Waals surface area contributed by atoms with Crippen LogP contribution < -0.4 is 9.64 Å². The lowest BCUT2D eigenvalue weighted by atomic mass is 9.88. The van der Waals surface area contributed by atoms with Crippen LogP contribution in [0.15, 0.2) is 59.6 Å². The van der Waals surface area contributed by atoms with E-state index < -0.39 is 11.5 Å². The number of halogens is 1. The number of rotatable bonds is 6. The maximum Gasteiger partial charge on any atom is 0.264 e. The van der Waals surface area contributed by atoms with E-state index in [2.05, 4.69) is 22.5 Å². The number of anilines is 1. The topological polar surface area (TPSA) is 66.8 Å². The lowest BCUT2D eigenvalue weighted by Crippen LogP contribution is -2.41. The molecule has 0 aromatic heterocycles. The molecule has 1 N–H and O–H groups in total. The van der Waals surface area contributed by atoms with Crippen molar-refractivity contribution < 1.29 is 19.4 Å². The van der Waals surface area contributed by atoms with E-state index >= 15 is 0 Å². The predicted molar refractivity (Wildman–Crippen MR) is 103 cm³/mol. The molecule has 3 rings (SSSR count). The van der Waals surface area contributed by atoms with Crippen LogP contribution in [-0.2, 0) is 10.4 Å². The standard InChI is InChI=1S/C20H18BrNO4/c1-3-10-22-17-9-6-14(21)11-16(17)20(25,19(22)24)12-18(23)13-4-7-15(26-2)8-5-13/h3-9,11,25H,1,10,12H2,2H3/t20-/m0/s1. The Morgan fingerprint density at radius 1 is 1.31 bits per heavy atom. The maximum atomic E-state index is 12.9. The number of hydrogen-bond acceptors (Lipinski definition) is 4. The highest BCUT2D eigenvalue weighted by Gasteiger charge is 2.50. The molecular weight excluding hydrogens is 398 g/mol. The first-order valence-corrected chi connectivity index (χ1v) is 8.82. The summed E-state index contributed by atoms with van der Waals surface area (Å²) >= 11 is 3.36. The molecule has 1 atom stereocenters. The molecule has 0 unspecified atom stereocenters. The Balaban J connectivity index is 1.97. The van der Waals surface area contributed by atoms with E-state index in [0.29, 0.717) is 22.6 Å². The monoisotopic (exact) mass is 415 g/mol. The van der Waals surface area contributed by atoms with Gasteiger partial charge in [0.05, 0.1) is 19.2 Å². The average Bonchev–Trinajstić information content (AvgIpc) is 2.84.